The number of rotatable bonds is 8. The van der Waals surface area contributed by atoms with E-state index in [-0.39, 0.29) is 5.91 Å². The number of hydrogen-bond acceptors (Lipinski definition) is 3. The van der Waals surface area contributed by atoms with Crippen molar-refractivity contribution in [1.82, 2.24) is 9.97 Å². The number of nitrogens with one attached hydrogen (secondary N) is 1. The Morgan fingerprint density at radius 2 is 1.67 bits per heavy atom. The Labute approximate surface area is 178 Å². The quantitative estimate of drug-likeness (QED) is 0.518. The van der Waals surface area contributed by atoms with Gasteiger partial charge in [-0.25, -0.2) is 9.97 Å². The molecule has 154 valence electrons. The van der Waals surface area contributed by atoms with Crippen molar-refractivity contribution in [2.45, 2.75) is 51.4 Å². The van der Waals surface area contributed by atoms with Gasteiger partial charge in [-0.15, -0.1) is 0 Å². The summed E-state index contributed by atoms with van der Waals surface area (Å²) in [6.07, 6.45) is 9.92. The lowest BCUT2D eigenvalue weighted by Crippen LogP contribution is -2.16. The number of carbonyl (C=O) groups excluding carboxylic acids is 1. The van der Waals surface area contributed by atoms with Crippen LogP contribution in [0.1, 0.15) is 49.8 Å². The number of carbonyl (C=O) groups is 1. The van der Waals surface area contributed by atoms with Crippen LogP contribution in [-0.2, 0) is 17.6 Å². The smallest absolute Gasteiger partial charge is 0.225 e. The van der Waals surface area contributed by atoms with Crippen LogP contribution in [0, 0.1) is 5.92 Å². The number of aromatic nitrogens is 2. The van der Waals surface area contributed by atoms with E-state index in [0.717, 1.165) is 36.2 Å². The van der Waals surface area contributed by atoms with Crippen molar-refractivity contribution >= 4 is 11.7 Å². The zero-order chi connectivity index (χ0) is 20.6. The third kappa shape index (κ3) is 5.53. The molecular formula is C26H29N3O. The van der Waals surface area contributed by atoms with Crippen molar-refractivity contribution in [2.75, 3.05) is 5.32 Å². The van der Waals surface area contributed by atoms with Gasteiger partial charge in [0.15, 0.2) is 5.82 Å². The highest BCUT2D eigenvalue weighted by molar-refractivity contribution is 5.90. The molecule has 0 saturated heterocycles. The van der Waals surface area contributed by atoms with Gasteiger partial charge in [0, 0.05) is 12.0 Å². The van der Waals surface area contributed by atoms with Gasteiger partial charge in [-0.05, 0) is 30.7 Å². The molecule has 0 atom stereocenters. The molecule has 30 heavy (non-hydrogen) atoms. The van der Waals surface area contributed by atoms with E-state index in [2.05, 4.69) is 22.4 Å². The van der Waals surface area contributed by atoms with Crippen LogP contribution >= 0.6 is 0 Å². The second kappa shape index (κ2) is 10.1. The molecule has 1 saturated carbocycles. The zero-order valence-corrected chi connectivity index (χ0v) is 17.4. The van der Waals surface area contributed by atoms with Gasteiger partial charge in [0.1, 0.15) is 0 Å². The summed E-state index contributed by atoms with van der Waals surface area (Å²) in [5, 5.41) is 3.04. The molecule has 1 aromatic heterocycles. The fourth-order valence-electron chi connectivity index (χ4n) is 4.20. The lowest BCUT2D eigenvalue weighted by Gasteiger charge is -2.14. The van der Waals surface area contributed by atoms with Crippen LogP contribution in [0.4, 0.5) is 5.82 Å². The van der Waals surface area contributed by atoms with Gasteiger partial charge in [0.2, 0.25) is 5.91 Å². The molecule has 1 heterocycles. The van der Waals surface area contributed by atoms with Gasteiger partial charge in [0.25, 0.3) is 0 Å². The van der Waals surface area contributed by atoms with E-state index in [4.69, 9.17) is 4.98 Å². The topological polar surface area (TPSA) is 54.9 Å². The Bertz CT molecular complexity index is 951. The summed E-state index contributed by atoms with van der Waals surface area (Å²) in [6.45, 7) is 0. The molecule has 2 aromatic carbocycles. The van der Waals surface area contributed by atoms with E-state index >= 15 is 0 Å². The Kier molecular flexibility index (Phi) is 6.86. The molecule has 0 radical (unpaired) electrons. The molecule has 1 amide bonds. The summed E-state index contributed by atoms with van der Waals surface area (Å²) in [4.78, 5) is 22.1. The SMILES string of the molecule is O=C(CCCc1ccccc1)Nc1ncc(-c2ccccc2)nc1CC1CCCC1. The first-order valence-corrected chi connectivity index (χ1v) is 11.0. The molecule has 4 heteroatoms. The first-order valence-electron chi connectivity index (χ1n) is 11.0. The fraction of sp³-hybridized carbons (Fsp3) is 0.346. The largest absolute Gasteiger partial charge is 0.309 e. The van der Waals surface area contributed by atoms with E-state index < -0.39 is 0 Å². The maximum absolute atomic E-state index is 12.6. The Morgan fingerprint density at radius 3 is 2.40 bits per heavy atom. The van der Waals surface area contributed by atoms with Gasteiger partial charge in [-0.3, -0.25) is 4.79 Å². The van der Waals surface area contributed by atoms with Crippen molar-refractivity contribution in [3.8, 4) is 11.3 Å². The summed E-state index contributed by atoms with van der Waals surface area (Å²) < 4.78 is 0. The predicted molar refractivity (Wildman–Crippen MR) is 121 cm³/mol. The number of benzene rings is 2. The summed E-state index contributed by atoms with van der Waals surface area (Å²) >= 11 is 0. The molecule has 3 aromatic rings. The van der Waals surface area contributed by atoms with Crippen LogP contribution in [0.3, 0.4) is 0 Å². The maximum atomic E-state index is 12.6. The molecule has 0 aliphatic heterocycles. The summed E-state index contributed by atoms with van der Waals surface area (Å²) in [5.41, 5.74) is 4.10. The van der Waals surface area contributed by atoms with E-state index in [9.17, 15) is 4.79 Å². The third-order valence-electron chi connectivity index (χ3n) is 5.84. The molecule has 4 rings (SSSR count). The highest BCUT2D eigenvalue weighted by Gasteiger charge is 2.20. The van der Waals surface area contributed by atoms with Crippen LogP contribution in [-0.4, -0.2) is 15.9 Å². The second-order valence-corrected chi connectivity index (χ2v) is 8.16. The lowest BCUT2D eigenvalue weighted by molar-refractivity contribution is -0.116. The molecule has 0 unspecified atom stereocenters. The van der Waals surface area contributed by atoms with Crippen molar-refractivity contribution in [2.24, 2.45) is 5.92 Å². The average Bonchev–Trinajstić information content (AvgIpc) is 3.29. The highest BCUT2D eigenvalue weighted by atomic mass is 16.1. The summed E-state index contributed by atoms with van der Waals surface area (Å²) in [7, 11) is 0. The fourth-order valence-corrected chi connectivity index (χ4v) is 4.20. The Balaban J connectivity index is 1.44. The second-order valence-electron chi connectivity index (χ2n) is 8.16. The van der Waals surface area contributed by atoms with Crippen LogP contribution in [0.2, 0.25) is 0 Å². The van der Waals surface area contributed by atoms with Crippen LogP contribution in [0.25, 0.3) is 11.3 Å². The van der Waals surface area contributed by atoms with E-state index in [0.29, 0.717) is 18.2 Å². The minimum Gasteiger partial charge on any atom is -0.309 e. The van der Waals surface area contributed by atoms with Gasteiger partial charge >= 0.3 is 0 Å². The Morgan fingerprint density at radius 1 is 0.967 bits per heavy atom. The molecule has 1 N–H and O–H groups in total. The molecule has 0 spiro atoms. The molecule has 0 bridgehead atoms. The minimum absolute atomic E-state index is 0.0142. The van der Waals surface area contributed by atoms with Crippen molar-refractivity contribution in [3.63, 3.8) is 0 Å². The standard InChI is InChI=1S/C26H29N3O/c30-25(17-9-14-20-10-3-1-4-11-20)29-26-23(18-21-12-7-8-13-21)28-24(19-27-26)22-15-5-2-6-16-22/h1-6,10-11,15-16,19,21H,7-9,12-14,17-18H2,(H,27,29,30). The number of aryl methyl sites for hydroxylation is 1. The average molecular weight is 400 g/mol. The number of anilines is 1. The Hall–Kier alpha value is -3.01. The first-order chi connectivity index (χ1) is 14.8. The third-order valence-corrected chi connectivity index (χ3v) is 5.84. The lowest BCUT2D eigenvalue weighted by atomic mass is 10.0. The van der Waals surface area contributed by atoms with Gasteiger partial charge in [0.05, 0.1) is 17.6 Å². The van der Waals surface area contributed by atoms with Gasteiger partial charge in [-0.2, -0.15) is 0 Å². The molecule has 1 fully saturated rings. The molecule has 1 aliphatic carbocycles. The van der Waals surface area contributed by atoms with E-state index in [1.807, 2.05) is 48.5 Å². The van der Waals surface area contributed by atoms with Crippen molar-refractivity contribution < 1.29 is 4.79 Å². The molecular weight excluding hydrogens is 370 g/mol. The number of hydrogen-bond donors (Lipinski definition) is 1. The zero-order valence-electron chi connectivity index (χ0n) is 17.4. The van der Waals surface area contributed by atoms with Crippen molar-refractivity contribution in [3.05, 3.63) is 78.1 Å². The maximum Gasteiger partial charge on any atom is 0.225 e. The highest BCUT2D eigenvalue weighted by Crippen LogP contribution is 2.30. The summed E-state index contributed by atoms with van der Waals surface area (Å²) in [6, 6.07) is 20.4. The minimum atomic E-state index is 0.0142. The van der Waals surface area contributed by atoms with E-state index in [1.165, 1.54) is 31.2 Å². The summed E-state index contributed by atoms with van der Waals surface area (Å²) in [5.74, 6) is 1.28. The molecule has 1 aliphatic rings. The van der Waals surface area contributed by atoms with Crippen LogP contribution in [0.5, 0.6) is 0 Å². The number of nitrogens with zero attached hydrogens (tertiary/aromatic N) is 2. The number of amides is 1. The normalized spacial score (nSPS) is 14.0. The van der Waals surface area contributed by atoms with Gasteiger partial charge < -0.3 is 5.32 Å². The van der Waals surface area contributed by atoms with Crippen LogP contribution in [0.15, 0.2) is 66.9 Å². The molecule has 4 nitrogen and oxygen atoms in total. The van der Waals surface area contributed by atoms with Gasteiger partial charge in [-0.1, -0.05) is 86.3 Å². The van der Waals surface area contributed by atoms with E-state index in [1.54, 1.807) is 6.20 Å². The monoisotopic (exact) mass is 399 g/mol. The van der Waals surface area contributed by atoms with Crippen molar-refractivity contribution in [1.29, 1.82) is 0 Å². The predicted octanol–water partition coefficient (Wildman–Crippen LogP) is 5.84. The first kappa shape index (κ1) is 20.3. The van der Waals surface area contributed by atoms with Crippen LogP contribution < -0.4 is 5.32 Å².